The standard InChI is InChI=1S/C28H46NO4/c1-3-4-5-6-7-8-9-10-11-12-13-14-15-16-18-21-28(31)32-25-27(33-26(2)30)24-29-22-19-17-20-23-29/h10-11,17,19-20,22-23,27H,3-9,12-16,18,21,24-25H2,1-2H3/q+1/b11-10-. The molecule has 5 heteroatoms. The lowest BCUT2D eigenvalue weighted by molar-refractivity contribution is -0.703. The van der Waals surface area contributed by atoms with Crippen LogP contribution in [-0.4, -0.2) is 24.6 Å². The van der Waals surface area contributed by atoms with E-state index in [1.165, 1.54) is 64.7 Å². The molecule has 0 aliphatic carbocycles. The van der Waals surface area contributed by atoms with Crippen molar-refractivity contribution in [3.8, 4) is 0 Å². The summed E-state index contributed by atoms with van der Waals surface area (Å²) < 4.78 is 12.6. The fraction of sp³-hybridized carbons (Fsp3) is 0.679. The molecule has 186 valence electrons. The summed E-state index contributed by atoms with van der Waals surface area (Å²) in [6, 6.07) is 5.73. The topological polar surface area (TPSA) is 56.5 Å². The monoisotopic (exact) mass is 460 g/mol. The lowest BCUT2D eigenvalue weighted by atomic mass is 10.1. The summed E-state index contributed by atoms with van der Waals surface area (Å²) >= 11 is 0. The van der Waals surface area contributed by atoms with Crippen LogP contribution >= 0.6 is 0 Å². The van der Waals surface area contributed by atoms with E-state index in [0.717, 1.165) is 25.7 Å². The van der Waals surface area contributed by atoms with Crippen LogP contribution in [0.5, 0.6) is 0 Å². The number of ether oxygens (including phenoxy) is 2. The third kappa shape index (κ3) is 18.0. The van der Waals surface area contributed by atoms with Crippen LogP contribution in [0.15, 0.2) is 42.7 Å². The summed E-state index contributed by atoms with van der Waals surface area (Å²) in [4.78, 5) is 23.4. The lowest BCUT2D eigenvalue weighted by Crippen LogP contribution is -2.43. The number of carbonyl (C=O) groups excluding carboxylic acids is 2. The number of allylic oxidation sites excluding steroid dienone is 2. The van der Waals surface area contributed by atoms with Gasteiger partial charge in [-0.15, -0.1) is 0 Å². The first-order valence-electron chi connectivity index (χ1n) is 13.0. The van der Waals surface area contributed by atoms with Gasteiger partial charge in [-0.05, 0) is 32.1 Å². The Balaban J connectivity index is 2.01. The van der Waals surface area contributed by atoms with Gasteiger partial charge < -0.3 is 9.47 Å². The van der Waals surface area contributed by atoms with Crippen LogP contribution in [0.4, 0.5) is 0 Å². The lowest BCUT2D eigenvalue weighted by Gasteiger charge is -2.14. The van der Waals surface area contributed by atoms with Crippen LogP contribution in [0.1, 0.15) is 104 Å². The Morgan fingerprint density at radius 2 is 1.39 bits per heavy atom. The quantitative estimate of drug-likeness (QED) is 0.0966. The van der Waals surface area contributed by atoms with Crippen molar-refractivity contribution in [2.24, 2.45) is 0 Å². The van der Waals surface area contributed by atoms with Crippen LogP contribution in [0.3, 0.4) is 0 Å². The van der Waals surface area contributed by atoms with E-state index < -0.39 is 6.10 Å². The Kier molecular flexibility index (Phi) is 17.9. The van der Waals surface area contributed by atoms with E-state index in [0.29, 0.717) is 13.0 Å². The molecule has 1 rings (SSSR count). The molecule has 5 nitrogen and oxygen atoms in total. The van der Waals surface area contributed by atoms with Crippen LogP contribution in [0, 0.1) is 0 Å². The number of carbonyl (C=O) groups is 2. The maximum absolute atomic E-state index is 12.0. The van der Waals surface area contributed by atoms with E-state index in [-0.39, 0.29) is 18.5 Å². The molecule has 0 amide bonds. The number of aromatic nitrogens is 1. The van der Waals surface area contributed by atoms with Gasteiger partial charge in [0, 0.05) is 25.5 Å². The number of pyridine rings is 1. The first kappa shape index (κ1) is 28.9. The second-order valence-corrected chi connectivity index (χ2v) is 8.82. The zero-order valence-electron chi connectivity index (χ0n) is 21.0. The van der Waals surface area contributed by atoms with Gasteiger partial charge in [-0.25, -0.2) is 4.57 Å². The van der Waals surface area contributed by atoms with E-state index in [2.05, 4.69) is 19.1 Å². The van der Waals surface area contributed by atoms with Gasteiger partial charge in [0.25, 0.3) is 0 Å². The Labute approximate surface area is 201 Å². The zero-order valence-corrected chi connectivity index (χ0v) is 21.0. The third-order valence-electron chi connectivity index (χ3n) is 5.60. The Hall–Kier alpha value is -2.17. The van der Waals surface area contributed by atoms with Gasteiger partial charge in [0.05, 0.1) is 0 Å². The van der Waals surface area contributed by atoms with Crippen LogP contribution < -0.4 is 4.57 Å². The molecule has 1 heterocycles. The summed E-state index contributed by atoms with van der Waals surface area (Å²) in [7, 11) is 0. The van der Waals surface area contributed by atoms with Crippen molar-refractivity contribution in [3.05, 3.63) is 42.7 Å². The van der Waals surface area contributed by atoms with Crippen molar-refractivity contribution in [1.82, 2.24) is 0 Å². The van der Waals surface area contributed by atoms with Crippen molar-refractivity contribution in [3.63, 3.8) is 0 Å². The number of rotatable bonds is 20. The SMILES string of the molecule is CCCCCCCC/C=C\CCCCCCCC(=O)OCC(C[n+]1ccccc1)OC(C)=O. The molecule has 0 N–H and O–H groups in total. The van der Waals surface area contributed by atoms with Crippen molar-refractivity contribution in [2.45, 2.75) is 116 Å². The number of nitrogens with zero attached hydrogens (tertiary/aromatic N) is 1. The third-order valence-corrected chi connectivity index (χ3v) is 5.60. The smallest absolute Gasteiger partial charge is 0.305 e. The molecule has 1 unspecified atom stereocenters. The first-order valence-corrected chi connectivity index (χ1v) is 13.0. The highest BCUT2D eigenvalue weighted by Crippen LogP contribution is 2.10. The van der Waals surface area contributed by atoms with Crippen molar-refractivity contribution in [1.29, 1.82) is 0 Å². The molecule has 33 heavy (non-hydrogen) atoms. The average molecular weight is 461 g/mol. The molecule has 0 saturated heterocycles. The number of hydrogen-bond acceptors (Lipinski definition) is 4. The minimum absolute atomic E-state index is 0.0887. The summed E-state index contributed by atoms with van der Waals surface area (Å²) in [5.74, 6) is -0.590. The van der Waals surface area contributed by atoms with E-state index in [1.807, 2.05) is 35.2 Å². The van der Waals surface area contributed by atoms with E-state index in [4.69, 9.17) is 9.47 Å². The fourth-order valence-corrected chi connectivity index (χ4v) is 3.75. The largest absolute Gasteiger partial charge is 0.461 e. The van der Waals surface area contributed by atoms with Gasteiger partial charge in [0.2, 0.25) is 0 Å². The van der Waals surface area contributed by atoms with Crippen molar-refractivity contribution < 1.29 is 23.6 Å². The molecular formula is C28H46NO4+. The van der Waals surface area contributed by atoms with Gasteiger partial charge in [0.15, 0.2) is 25.0 Å². The molecule has 1 aromatic rings. The number of unbranched alkanes of at least 4 members (excludes halogenated alkanes) is 11. The average Bonchev–Trinajstić information content (AvgIpc) is 2.80. The van der Waals surface area contributed by atoms with Crippen LogP contribution in [0.2, 0.25) is 0 Å². The van der Waals surface area contributed by atoms with E-state index in [9.17, 15) is 9.59 Å². The van der Waals surface area contributed by atoms with E-state index in [1.54, 1.807) is 0 Å². The van der Waals surface area contributed by atoms with Gasteiger partial charge in [-0.2, -0.15) is 0 Å². The summed E-state index contributed by atoms with van der Waals surface area (Å²) in [6.45, 7) is 4.18. The van der Waals surface area contributed by atoms with Crippen molar-refractivity contribution in [2.75, 3.05) is 6.61 Å². The highest BCUT2D eigenvalue weighted by atomic mass is 16.6. The number of esters is 2. The zero-order chi connectivity index (χ0) is 24.0. The molecule has 0 saturated carbocycles. The summed E-state index contributed by atoms with van der Waals surface area (Å²) in [5, 5.41) is 0. The normalized spacial score (nSPS) is 12.1. The highest BCUT2D eigenvalue weighted by Gasteiger charge is 2.19. The van der Waals surface area contributed by atoms with Crippen LogP contribution in [-0.2, 0) is 25.6 Å². The van der Waals surface area contributed by atoms with Crippen molar-refractivity contribution >= 4 is 11.9 Å². The molecule has 0 bridgehead atoms. The summed E-state index contributed by atoms with van der Waals surface area (Å²) in [5.41, 5.74) is 0. The number of hydrogen-bond donors (Lipinski definition) is 0. The van der Waals surface area contributed by atoms with Crippen LogP contribution in [0.25, 0.3) is 0 Å². The van der Waals surface area contributed by atoms with Gasteiger partial charge >= 0.3 is 11.9 Å². The molecule has 1 aromatic heterocycles. The molecule has 0 spiro atoms. The first-order chi connectivity index (χ1) is 16.1. The highest BCUT2D eigenvalue weighted by molar-refractivity contribution is 5.69. The molecule has 0 aliphatic rings. The predicted octanol–water partition coefficient (Wildman–Crippen LogP) is 6.49. The molecule has 0 radical (unpaired) electrons. The van der Waals surface area contributed by atoms with E-state index >= 15 is 0 Å². The van der Waals surface area contributed by atoms with Gasteiger partial charge in [-0.1, -0.05) is 76.5 Å². The van der Waals surface area contributed by atoms with Gasteiger partial charge in [0.1, 0.15) is 6.61 Å². The molecule has 0 aromatic carbocycles. The molecular weight excluding hydrogens is 414 g/mol. The summed E-state index contributed by atoms with van der Waals surface area (Å²) in [6.07, 6.45) is 24.4. The molecule has 0 aliphatic heterocycles. The fourth-order valence-electron chi connectivity index (χ4n) is 3.75. The maximum Gasteiger partial charge on any atom is 0.305 e. The minimum atomic E-state index is -0.479. The Bertz CT molecular complexity index is 645. The molecule has 1 atom stereocenters. The Morgan fingerprint density at radius 1 is 0.818 bits per heavy atom. The predicted molar refractivity (Wildman–Crippen MR) is 133 cm³/mol. The van der Waals surface area contributed by atoms with Gasteiger partial charge in [-0.3, -0.25) is 9.59 Å². The Morgan fingerprint density at radius 3 is 2.00 bits per heavy atom. The maximum atomic E-state index is 12.0. The second kappa shape index (κ2) is 20.4. The minimum Gasteiger partial charge on any atom is -0.461 e. The molecule has 0 fully saturated rings. The second-order valence-electron chi connectivity index (χ2n) is 8.82.